The van der Waals surface area contributed by atoms with Gasteiger partial charge < -0.3 is 11.5 Å². The minimum atomic E-state index is 0.523. The lowest BCUT2D eigenvalue weighted by Crippen LogP contribution is -1.79. The van der Waals surface area contributed by atoms with Crippen molar-refractivity contribution in [3.8, 4) is 0 Å². The van der Waals surface area contributed by atoms with E-state index < -0.39 is 0 Å². The zero-order valence-electron chi connectivity index (χ0n) is 6.84. The van der Waals surface area contributed by atoms with E-state index in [0.717, 1.165) is 5.01 Å². The molecule has 2 aromatic rings. The maximum absolute atomic E-state index is 5.22. The number of aryl methyl sites for hydroxylation is 1. The van der Waals surface area contributed by atoms with E-state index in [0.29, 0.717) is 10.3 Å². The summed E-state index contributed by atoms with van der Waals surface area (Å²) >= 11 is 2.73. The molecule has 0 aliphatic rings. The van der Waals surface area contributed by atoms with Crippen LogP contribution in [0.25, 0.3) is 0 Å². The molecule has 0 unspecified atom stereocenters. The van der Waals surface area contributed by atoms with Crippen molar-refractivity contribution in [2.24, 2.45) is 0 Å². The maximum atomic E-state index is 5.22. The van der Waals surface area contributed by atoms with Crippen LogP contribution in [-0.2, 0) is 0 Å². The topological polar surface area (TPSA) is 104 Å². The van der Waals surface area contributed by atoms with Gasteiger partial charge in [0.2, 0.25) is 10.3 Å². The third-order valence-corrected chi connectivity index (χ3v) is 2.11. The summed E-state index contributed by atoms with van der Waals surface area (Å²) in [7, 11) is 0. The van der Waals surface area contributed by atoms with Crippen LogP contribution in [0.2, 0.25) is 0 Å². The van der Waals surface area contributed by atoms with Crippen molar-refractivity contribution < 1.29 is 0 Å². The van der Waals surface area contributed by atoms with Crippen LogP contribution in [0.3, 0.4) is 0 Å². The van der Waals surface area contributed by atoms with Gasteiger partial charge in [-0.25, -0.2) is 0 Å². The van der Waals surface area contributed by atoms with Crippen LogP contribution in [0.5, 0.6) is 0 Å². The predicted octanol–water partition coefficient (Wildman–Crippen LogP) is 0.549. The molecule has 0 aliphatic carbocycles. The Labute approximate surface area is 82.6 Å². The summed E-state index contributed by atoms with van der Waals surface area (Å²) in [4.78, 5) is 0. The summed E-state index contributed by atoms with van der Waals surface area (Å²) in [6.45, 7) is 1.87. The Kier molecular flexibility index (Phi) is 3.53. The van der Waals surface area contributed by atoms with E-state index in [1.165, 1.54) is 22.7 Å². The average Bonchev–Trinajstić information content (AvgIpc) is 2.64. The Morgan fingerprint density at radius 3 is 2.08 bits per heavy atom. The molecule has 2 rings (SSSR count). The highest BCUT2D eigenvalue weighted by Gasteiger charge is 1.89. The van der Waals surface area contributed by atoms with Crippen LogP contribution in [0, 0.1) is 6.92 Å². The largest absolute Gasteiger partial charge is 0.374 e. The fraction of sp³-hybridized carbons (Fsp3) is 0.200. The van der Waals surface area contributed by atoms with Crippen LogP contribution in [0.1, 0.15) is 5.01 Å². The molecule has 0 atom stereocenters. The van der Waals surface area contributed by atoms with Gasteiger partial charge in [-0.15, -0.1) is 20.4 Å². The van der Waals surface area contributed by atoms with Crippen molar-refractivity contribution in [3.63, 3.8) is 0 Å². The molecule has 0 fully saturated rings. The summed E-state index contributed by atoms with van der Waals surface area (Å²) in [5.74, 6) is 0. The van der Waals surface area contributed by atoms with Gasteiger partial charge in [-0.1, -0.05) is 22.7 Å². The van der Waals surface area contributed by atoms with Crippen molar-refractivity contribution >= 4 is 32.9 Å². The highest BCUT2D eigenvalue weighted by molar-refractivity contribution is 7.14. The lowest BCUT2D eigenvalue weighted by molar-refractivity contribution is 1.06. The summed E-state index contributed by atoms with van der Waals surface area (Å²) in [5.41, 5.74) is 11.9. The predicted molar refractivity (Wildman–Crippen MR) is 53.4 cm³/mol. The second kappa shape index (κ2) is 4.67. The number of aromatic nitrogens is 4. The average molecular weight is 216 g/mol. The summed E-state index contributed by atoms with van der Waals surface area (Å²) in [5, 5.41) is 16.1. The van der Waals surface area contributed by atoms with Crippen molar-refractivity contribution in [1.82, 2.24) is 20.4 Å². The van der Waals surface area contributed by atoms with Crippen molar-refractivity contribution in [1.29, 1.82) is 0 Å². The van der Waals surface area contributed by atoms with Gasteiger partial charge in [0.1, 0.15) is 10.5 Å². The van der Waals surface area contributed by atoms with E-state index in [2.05, 4.69) is 20.4 Å². The molecule has 0 bridgehead atoms. The molecule has 0 saturated carbocycles. The minimum absolute atomic E-state index is 0.523. The smallest absolute Gasteiger partial charge is 0.203 e. The third kappa shape index (κ3) is 3.76. The van der Waals surface area contributed by atoms with E-state index in [1.54, 1.807) is 5.51 Å². The Balaban J connectivity index is 0.000000132. The van der Waals surface area contributed by atoms with Crippen LogP contribution in [0.15, 0.2) is 5.51 Å². The Hall–Kier alpha value is -1.28. The SMILES string of the molecule is Cc1nnc(N)s1.Nc1nncs1. The van der Waals surface area contributed by atoms with Crippen LogP contribution in [-0.4, -0.2) is 20.4 Å². The lowest BCUT2D eigenvalue weighted by Gasteiger charge is -1.66. The number of hydrogen-bond acceptors (Lipinski definition) is 8. The van der Waals surface area contributed by atoms with Gasteiger partial charge in [-0.2, -0.15) is 0 Å². The normalized spacial score (nSPS) is 9.00. The van der Waals surface area contributed by atoms with Crippen LogP contribution < -0.4 is 11.5 Å². The lowest BCUT2D eigenvalue weighted by atomic mass is 10.9. The first-order valence-electron chi connectivity index (χ1n) is 3.25. The first kappa shape index (κ1) is 9.81. The number of anilines is 2. The molecule has 70 valence electrons. The number of nitrogens with zero attached hydrogens (tertiary/aromatic N) is 4. The third-order valence-electron chi connectivity index (χ3n) is 0.919. The highest BCUT2D eigenvalue weighted by Crippen LogP contribution is 2.07. The molecule has 2 aromatic heterocycles. The number of nitrogens with two attached hydrogens (primary N) is 2. The molecular formula is C5H8N6S2. The summed E-state index contributed by atoms with van der Waals surface area (Å²) in [6.07, 6.45) is 0. The molecule has 0 radical (unpaired) electrons. The van der Waals surface area contributed by atoms with Crippen molar-refractivity contribution in [2.45, 2.75) is 6.92 Å². The molecule has 0 saturated heterocycles. The molecule has 13 heavy (non-hydrogen) atoms. The van der Waals surface area contributed by atoms with Crippen LogP contribution >= 0.6 is 22.7 Å². The molecule has 6 nitrogen and oxygen atoms in total. The van der Waals surface area contributed by atoms with E-state index in [-0.39, 0.29) is 0 Å². The molecule has 0 aliphatic heterocycles. The van der Waals surface area contributed by atoms with Gasteiger partial charge in [-0.3, -0.25) is 0 Å². The Morgan fingerprint density at radius 2 is 1.92 bits per heavy atom. The number of rotatable bonds is 0. The zero-order chi connectivity index (χ0) is 9.68. The highest BCUT2D eigenvalue weighted by atomic mass is 32.1. The van der Waals surface area contributed by atoms with E-state index in [9.17, 15) is 0 Å². The Morgan fingerprint density at radius 1 is 1.15 bits per heavy atom. The van der Waals surface area contributed by atoms with Gasteiger partial charge in [-0.05, 0) is 6.92 Å². The van der Waals surface area contributed by atoms with Gasteiger partial charge in [0, 0.05) is 0 Å². The van der Waals surface area contributed by atoms with Gasteiger partial charge in [0.05, 0.1) is 0 Å². The molecule has 0 aromatic carbocycles. The fourth-order valence-corrected chi connectivity index (χ4v) is 1.26. The van der Waals surface area contributed by atoms with E-state index >= 15 is 0 Å². The molecule has 0 amide bonds. The first-order chi connectivity index (χ1) is 6.18. The monoisotopic (exact) mass is 216 g/mol. The quantitative estimate of drug-likeness (QED) is 0.666. The molecular weight excluding hydrogens is 208 g/mol. The van der Waals surface area contributed by atoms with Crippen molar-refractivity contribution in [2.75, 3.05) is 11.5 Å². The van der Waals surface area contributed by atoms with Gasteiger partial charge in [0.25, 0.3) is 0 Å². The molecule has 4 N–H and O–H groups in total. The zero-order valence-corrected chi connectivity index (χ0v) is 8.47. The van der Waals surface area contributed by atoms with E-state index in [1.807, 2.05) is 6.92 Å². The van der Waals surface area contributed by atoms with Crippen LogP contribution in [0.4, 0.5) is 10.3 Å². The Bertz CT molecular complexity index is 325. The molecule has 0 spiro atoms. The summed E-state index contributed by atoms with van der Waals surface area (Å²) in [6, 6.07) is 0. The number of nitrogen functional groups attached to an aromatic ring is 2. The molecule has 2 heterocycles. The minimum Gasteiger partial charge on any atom is -0.374 e. The number of hydrogen-bond donors (Lipinski definition) is 2. The second-order valence-corrected chi connectivity index (χ2v) is 4.01. The summed E-state index contributed by atoms with van der Waals surface area (Å²) < 4.78 is 0. The van der Waals surface area contributed by atoms with Crippen molar-refractivity contribution in [3.05, 3.63) is 10.5 Å². The van der Waals surface area contributed by atoms with Gasteiger partial charge in [0.15, 0.2) is 0 Å². The van der Waals surface area contributed by atoms with Gasteiger partial charge >= 0.3 is 0 Å². The standard InChI is InChI=1S/C3H5N3S.C2H3N3S/c1-2-5-6-3(4)7-2;3-2-5-4-1-6-2/h1H3,(H2,4,6);1H,(H2,3,5). The fourth-order valence-electron chi connectivity index (χ4n) is 0.493. The first-order valence-corrected chi connectivity index (χ1v) is 4.95. The molecule has 8 heteroatoms. The maximum Gasteiger partial charge on any atom is 0.203 e. The van der Waals surface area contributed by atoms with E-state index in [4.69, 9.17) is 11.5 Å². The second-order valence-electron chi connectivity index (χ2n) is 1.94.